The number of halogens is 2. The van der Waals surface area contributed by atoms with Crippen molar-refractivity contribution in [3.05, 3.63) is 62.8 Å². The molecule has 8 heteroatoms. The lowest BCUT2D eigenvalue weighted by Crippen LogP contribution is -1.96. The van der Waals surface area contributed by atoms with E-state index < -0.39 is 0 Å². The first-order valence-corrected chi connectivity index (χ1v) is 8.65. The highest BCUT2D eigenvalue weighted by Crippen LogP contribution is 2.24. The number of benzene rings is 2. The van der Waals surface area contributed by atoms with Gasteiger partial charge in [-0.15, -0.1) is 0 Å². The van der Waals surface area contributed by atoms with Crippen molar-refractivity contribution in [2.75, 3.05) is 6.61 Å². The number of nitrogens with zero attached hydrogens (tertiary/aromatic N) is 3. The van der Waals surface area contributed by atoms with Crippen LogP contribution in [0.1, 0.15) is 12.5 Å². The predicted molar refractivity (Wildman–Crippen MR) is 103 cm³/mol. The Morgan fingerprint density at radius 1 is 1.24 bits per heavy atom. The summed E-state index contributed by atoms with van der Waals surface area (Å²) in [4.78, 5) is 0. The summed E-state index contributed by atoms with van der Waals surface area (Å²) in [5.74, 6) is 1.34. The minimum atomic E-state index is 0.383. The Hall–Kier alpha value is -2.15. The minimum absolute atomic E-state index is 0.383. The van der Waals surface area contributed by atoms with E-state index in [4.69, 9.17) is 40.2 Å². The summed E-state index contributed by atoms with van der Waals surface area (Å²) in [5.41, 5.74) is 1.64. The van der Waals surface area contributed by atoms with Crippen LogP contribution in [0.3, 0.4) is 0 Å². The van der Waals surface area contributed by atoms with Crippen LogP contribution in [0.5, 0.6) is 5.75 Å². The average Bonchev–Trinajstić information content (AvgIpc) is 2.97. The molecule has 0 radical (unpaired) electrons. The second kappa shape index (κ2) is 7.82. The van der Waals surface area contributed by atoms with Gasteiger partial charge in [0.05, 0.1) is 22.9 Å². The van der Waals surface area contributed by atoms with E-state index in [0.717, 1.165) is 16.9 Å². The zero-order valence-corrected chi connectivity index (χ0v) is 15.6. The highest BCUT2D eigenvalue weighted by Gasteiger charge is 2.09. The van der Waals surface area contributed by atoms with Gasteiger partial charge in [-0.25, -0.2) is 5.10 Å². The largest absolute Gasteiger partial charge is 0.494 e. The molecule has 128 valence electrons. The lowest BCUT2D eigenvalue weighted by molar-refractivity contribution is 0.340. The molecule has 1 aromatic heterocycles. The summed E-state index contributed by atoms with van der Waals surface area (Å²) < 4.78 is 7.46. The molecular formula is C17H14Cl2N4OS. The predicted octanol–water partition coefficient (Wildman–Crippen LogP) is 5.20. The first-order valence-electron chi connectivity index (χ1n) is 7.48. The molecule has 3 aromatic rings. The Balaban J connectivity index is 1.97. The summed E-state index contributed by atoms with van der Waals surface area (Å²) in [5, 5.41) is 12.4. The molecular weight excluding hydrogens is 379 g/mol. The molecule has 3 rings (SSSR count). The molecule has 0 saturated heterocycles. The summed E-state index contributed by atoms with van der Waals surface area (Å²) in [6.07, 6.45) is 1.64. The van der Waals surface area contributed by atoms with E-state index in [1.165, 1.54) is 0 Å². The Morgan fingerprint density at radius 2 is 2.08 bits per heavy atom. The van der Waals surface area contributed by atoms with E-state index in [2.05, 4.69) is 15.3 Å². The van der Waals surface area contributed by atoms with E-state index in [9.17, 15) is 0 Å². The first-order chi connectivity index (χ1) is 12.1. The van der Waals surface area contributed by atoms with Crippen LogP contribution in [-0.4, -0.2) is 27.7 Å². The van der Waals surface area contributed by atoms with Gasteiger partial charge >= 0.3 is 0 Å². The maximum absolute atomic E-state index is 6.03. The lowest BCUT2D eigenvalue weighted by Gasteiger charge is -2.05. The number of hydrogen-bond acceptors (Lipinski definition) is 4. The smallest absolute Gasteiger partial charge is 0.216 e. The zero-order chi connectivity index (χ0) is 17.8. The van der Waals surface area contributed by atoms with Crippen LogP contribution in [-0.2, 0) is 0 Å². The van der Waals surface area contributed by atoms with Crippen LogP contribution in [0.4, 0.5) is 0 Å². The van der Waals surface area contributed by atoms with E-state index >= 15 is 0 Å². The molecule has 0 fully saturated rings. The maximum atomic E-state index is 6.03. The molecule has 0 aliphatic rings. The summed E-state index contributed by atoms with van der Waals surface area (Å²) in [7, 11) is 0. The minimum Gasteiger partial charge on any atom is -0.494 e. The van der Waals surface area contributed by atoms with Gasteiger partial charge in [-0.3, -0.25) is 0 Å². The number of H-pyrrole nitrogens is 1. The molecule has 0 bridgehead atoms. The fourth-order valence-electron chi connectivity index (χ4n) is 2.19. The van der Waals surface area contributed by atoms with Crippen LogP contribution in [0, 0.1) is 4.77 Å². The van der Waals surface area contributed by atoms with Crippen molar-refractivity contribution in [3.8, 4) is 17.1 Å². The Morgan fingerprint density at radius 3 is 2.84 bits per heavy atom. The first kappa shape index (κ1) is 17.7. The van der Waals surface area contributed by atoms with E-state index in [0.29, 0.717) is 27.2 Å². The van der Waals surface area contributed by atoms with Crippen LogP contribution >= 0.6 is 35.4 Å². The van der Waals surface area contributed by atoms with Gasteiger partial charge in [0.25, 0.3) is 0 Å². The number of ether oxygens (including phenoxy) is 1. The van der Waals surface area contributed by atoms with E-state index in [-0.39, 0.29) is 0 Å². The van der Waals surface area contributed by atoms with Gasteiger partial charge in [0, 0.05) is 5.56 Å². The summed E-state index contributed by atoms with van der Waals surface area (Å²) in [6.45, 7) is 2.52. The molecule has 1 heterocycles. The highest BCUT2D eigenvalue weighted by atomic mass is 35.5. The summed E-state index contributed by atoms with van der Waals surface area (Å²) >= 11 is 17.2. The molecule has 0 spiro atoms. The molecule has 2 aromatic carbocycles. The van der Waals surface area contributed by atoms with Crippen molar-refractivity contribution in [2.24, 2.45) is 5.10 Å². The zero-order valence-electron chi connectivity index (χ0n) is 13.2. The maximum Gasteiger partial charge on any atom is 0.216 e. The van der Waals surface area contributed by atoms with Crippen molar-refractivity contribution < 1.29 is 4.74 Å². The van der Waals surface area contributed by atoms with Crippen LogP contribution in [0.15, 0.2) is 47.6 Å². The molecule has 25 heavy (non-hydrogen) atoms. The fourth-order valence-corrected chi connectivity index (χ4v) is 2.68. The Labute approximate surface area is 159 Å². The molecule has 0 aliphatic heterocycles. The van der Waals surface area contributed by atoms with Crippen molar-refractivity contribution >= 4 is 41.6 Å². The molecule has 0 unspecified atom stereocenters. The highest BCUT2D eigenvalue weighted by molar-refractivity contribution is 7.71. The number of nitrogens with one attached hydrogen (secondary N) is 1. The van der Waals surface area contributed by atoms with Gasteiger partial charge in [-0.2, -0.15) is 14.9 Å². The van der Waals surface area contributed by atoms with Gasteiger partial charge in [-0.1, -0.05) is 41.4 Å². The van der Waals surface area contributed by atoms with E-state index in [1.54, 1.807) is 23.0 Å². The quantitative estimate of drug-likeness (QED) is 0.479. The van der Waals surface area contributed by atoms with Gasteiger partial charge in [0.15, 0.2) is 5.82 Å². The molecule has 0 saturated carbocycles. The Kier molecular flexibility index (Phi) is 5.53. The fraction of sp³-hybridized carbons (Fsp3) is 0.118. The molecule has 0 aliphatic carbocycles. The van der Waals surface area contributed by atoms with Crippen molar-refractivity contribution in [1.29, 1.82) is 0 Å². The average molecular weight is 393 g/mol. The van der Waals surface area contributed by atoms with Crippen molar-refractivity contribution in [3.63, 3.8) is 0 Å². The standard InChI is InChI=1S/C17H14Cl2N4OS/c1-2-24-13-5-3-4-12(9-13)16-21-22-17(25)23(16)20-10-11-6-7-14(18)15(19)8-11/h3-10H,2H2,1H3,(H,22,25). The lowest BCUT2D eigenvalue weighted by atomic mass is 10.2. The molecule has 5 nitrogen and oxygen atoms in total. The number of aromatic nitrogens is 3. The second-order valence-electron chi connectivity index (χ2n) is 5.04. The molecule has 0 atom stereocenters. The monoisotopic (exact) mass is 392 g/mol. The third-order valence-corrected chi connectivity index (χ3v) is 4.32. The third-order valence-electron chi connectivity index (χ3n) is 3.32. The van der Waals surface area contributed by atoms with Gasteiger partial charge in [-0.05, 0) is 49.0 Å². The number of aromatic amines is 1. The van der Waals surface area contributed by atoms with Gasteiger partial charge < -0.3 is 4.74 Å². The van der Waals surface area contributed by atoms with Crippen molar-refractivity contribution in [2.45, 2.75) is 6.92 Å². The van der Waals surface area contributed by atoms with Gasteiger partial charge in [0.1, 0.15) is 5.75 Å². The van der Waals surface area contributed by atoms with Crippen molar-refractivity contribution in [1.82, 2.24) is 14.9 Å². The van der Waals surface area contributed by atoms with Gasteiger partial charge in [0.2, 0.25) is 4.77 Å². The second-order valence-corrected chi connectivity index (χ2v) is 6.24. The number of rotatable bonds is 5. The molecule has 1 N–H and O–H groups in total. The molecule has 0 amide bonds. The van der Waals surface area contributed by atoms with Crippen LogP contribution in [0.2, 0.25) is 10.0 Å². The number of hydrogen-bond donors (Lipinski definition) is 1. The third kappa shape index (κ3) is 4.10. The normalized spacial score (nSPS) is 11.2. The SMILES string of the molecule is CCOc1cccc(-c2n[nH]c(=S)n2N=Cc2ccc(Cl)c(Cl)c2)c1. The summed E-state index contributed by atoms with van der Waals surface area (Å²) in [6, 6.07) is 12.8. The van der Waals surface area contributed by atoms with Crippen LogP contribution in [0.25, 0.3) is 11.4 Å². The Bertz CT molecular complexity index is 981. The van der Waals surface area contributed by atoms with Crippen LogP contribution < -0.4 is 4.74 Å². The van der Waals surface area contributed by atoms with E-state index in [1.807, 2.05) is 37.3 Å². The topological polar surface area (TPSA) is 55.2 Å².